The highest BCUT2D eigenvalue weighted by atomic mass is 32.1. The fourth-order valence-electron chi connectivity index (χ4n) is 1.51. The normalized spacial score (nSPS) is 11.6. The third-order valence-electron chi connectivity index (χ3n) is 2.40. The standard InChI is InChI=1S/C11H11F3N4OS/c12-11(13,14)9-16-17-10(20-9)15-8(19)4-3-7-18-5-1-2-6-18/h1-2,5-6H,3-4,7H2,(H,15,17,19). The summed E-state index contributed by atoms with van der Waals surface area (Å²) in [5.41, 5.74) is 0. The van der Waals surface area contributed by atoms with Gasteiger partial charge in [-0.15, -0.1) is 10.2 Å². The molecule has 0 aromatic carbocycles. The van der Waals surface area contributed by atoms with Crippen molar-refractivity contribution in [2.45, 2.75) is 25.6 Å². The number of carbonyl (C=O) groups excluding carboxylic acids is 1. The molecule has 0 spiro atoms. The SMILES string of the molecule is O=C(CCCn1cccc1)Nc1nnc(C(F)(F)F)s1. The lowest BCUT2D eigenvalue weighted by atomic mass is 10.3. The summed E-state index contributed by atoms with van der Waals surface area (Å²) in [6.45, 7) is 0.671. The highest BCUT2D eigenvalue weighted by Crippen LogP contribution is 2.32. The maximum atomic E-state index is 12.3. The third-order valence-corrected chi connectivity index (χ3v) is 3.28. The topological polar surface area (TPSA) is 59.8 Å². The minimum Gasteiger partial charge on any atom is -0.354 e. The highest BCUT2D eigenvalue weighted by molar-refractivity contribution is 7.15. The number of amides is 1. The monoisotopic (exact) mass is 304 g/mol. The van der Waals surface area contributed by atoms with E-state index in [9.17, 15) is 18.0 Å². The number of anilines is 1. The molecule has 1 N–H and O–H groups in total. The van der Waals surface area contributed by atoms with E-state index in [0.29, 0.717) is 24.3 Å². The summed E-state index contributed by atoms with van der Waals surface area (Å²) >= 11 is 0.315. The quantitative estimate of drug-likeness (QED) is 0.924. The number of aromatic nitrogens is 3. The van der Waals surface area contributed by atoms with Gasteiger partial charge in [0.05, 0.1) is 0 Å². The number of hydrogen-bond donors (Lipinski definition) is 1. The first-order valence-electron chi connectivity index (χ1n) is 5.76. The second-order valence-electron chi connectivity index (χ2n) is 3.98. The molecule has 0 saturated heterocycles. The molecular formula is C11H11F3N4OS. The molecule has 2 rings (SSSR count). The van der Waals surface area contributed by atoms with Crippen LogP contribution in [-0.4, -0.2) is 20.7 Å². The van der Waals surface area contributed by atoms with Gasteiger partial charge in [0.1, 0.15) is 0 Å². The zero-order valence-corrected chi connectivity index (χ0v) is 11.0. The Kier molecular flexibility index (Phi) is 4.38. The molecule has 0 atom stereocenters. The number of rotatable bonds is 5. The lowest BCUT2D eigenvalue weighted by molar-refractivity contribution is -0.138. The van der Waals surface area contributed by atoms with Crippen molar-refractivity contribution in [1.29, 1.82) is 0 Å². The molecule has 2 aromatic rings. The first-order valence-corrected chi connectivity index (χ1v) is 6.58. The van der Waals surface area contributed by atoms with Crippen molar-refractivity contribution < 1.29 is 18.0 Å². The van der Waals surface area contributed by atoms with Crippen molar-refractivity contribution in [3.8, 4) is 0 Å². The number of halogens is 3. The van der Waals surface area contributed by atoms with Crippen molar-refractivity contribution in [2.75, 3.05) is 5.32 Å². The molecule has 0 aliphatic rings. The number of alkyl halides is 3. The van der Waals surface area contributed by atoms with E-state index in [0.717, 1.165) is 0 Å². The number of nitrogens with zero attached hydrogens (tertiary/aromatic N) is 3. The van der Waals surface area contributed by atoms with Crippen LogP contribution in [0.25, 0.3) is 0 Å². The van der Waals surface area contributed by atoms with Gasteiger partial charge in [0, 0.05) is 25.4 Å². The molecule has 9 heteroatoms. The summed E-state index contributed by atoms with van der Waals surface area (Å²) in [7, 11) is 0. The summed E-state index contributed by atoms with van der Waals surface area (Å²) < 4.78 is 38.8. The van der Waals surface area contributed by atoms with Gasteiger partial charge in [0.2, 0.25) is 16.0 Å². The van der Waals surface area contributed by atoms with Gasteiger partial charge in [-0.05, 0) is 18.6 Å². The van der Waals surface area contributed by atoms with E-state index < -0.39 is 11.2 Å². The van der Waals surface area contributed by atoms with E-state index in [1.807, 2.05) is 29.1 Å². The number of hydrogen-bond acceptors (Lipinski definition) is 4. The molecule has 0 aliphatic carbocycles. The predicted molar refractivity (Wildman–Crippen MR) is 67.2 cm³/mol. The van der Waals surface area contributed by atoms with Crippen LogP contribution in [0.1, 0.15) is 17.8 Å². The predicted octanol–water partition coefficient (Wildman–Crippen LogP) is 2.78. The molecule has 1 amide bonds. The Morgan fingerprint density at radius 1 is 1.30 bits per heavy atom. The van der Waals surface area contributed by atoms with Crippen molar-refractivity contribution >= 4 is 22.4 Å². The van der Waals surface area contributed by atoms with Gasteiger partial charge >= 0.3 is 6.18 Å². The van der Waals surface area contributed by atoms with Crippen molar-refractivity contribution in [3.05, 3.63) is 29.5 Å². The van der Waals surface area contributed by atoms with Crippen LogP contribution in [0.5, 0.6) is 0 Å². The maximum Gasteiger partial charge on any atom is 0.445 e. The minimum atomic E-state index is -4.53. The van der Waals surface area contributed by atoms with Gasteiger partial charge < -0.3 is 9.88 Å². The molecule has 0 radical (unpaired) electrons. The molecule has 108 valence electrons. The number of nitrogens with one attached hydrogen (secondary N) is 1. The Balaban J connectivity index is 1.78. The van der Waals surface area contributed by atoms with Crippen LogP contribution in [0.2, 0.25) is 0 Å². The minimum absolute atomic E-state index is 0.136. The highest BCUT2D eigenvalue weighted by Gasteiger charge is 2.35. The van der Waals surface area contributed by atoms with Crippen LogP contribution in [0.15, 0.2) is 24.5 Å². The summed E-state index contributed by atoms with van der Waals surface area (Å²) in [6, 6.07) is 3.75. The van der Waals surface area contributed by atoms with E-state index in [1.54, 1.807) is 0 Å². The van der Waals surface area contributed by atoms with Gasteiger partial charge in [0.15, 0.2) is 0 Å². The van der Waals surface area contributed by atoms with Crippen LogP contribution in [0.3, 0.4) is 0 Å². The van der Waals surface area contributed by atoms with Gasteiger partial charge in [-0.2, -0.15) is 13.2 Å². The number of carbonyl (C=O) groups is 1. The molecule has 0 unspecified atom stereocenters. The lowest BCUT2D eigenvalue weighted by Crippen LogP contribution is -2.12. The summed E-state index contributed by atoms with van der Waals surface area (Å²) in [5, 5.41) is 7.38. The fraction of sp³-hybridized carbons (Fsp3) is 0.364. The van der Waals surface area contributed by atoms with Crippen molar-refractivity contribution in [2.24, 2.45) is 0 Å². The third kappa shape index (κ3) is 4.05. The van der Waals surface area contributed by atoms with Gasteiger partial charge in [-0.3, -0.25) is 4.79 Å². The Labute approximate surface area is 116 Å². The Hall–Kier alpha value is -1.90. The van der Waals surface area contributed by atoms with E-state index >= 15 is 0 Å². The first kappa shape index (κ1) is 14.5. The van der Waals surface area contributed by atoms with Gasteiger partial charge in [-0.25, -0.2) is 0 Å². The molecule has 2 heterocycles. The average molecular weight is 304 g/mol. The number of aryl methyl sites for hydroxylation is 1. The van der Waals surface area contributed by atoms with Crippen LogP contribution in [0.4, 0.5) is 18.3 Å². The van der Waals surface area contributed by atoms with Crippen LogP contribution in [0, 0.1) is 0 Å². The van der Waals surface area contributed by atoms with Gasteiger partial charge in [-0.1, -0.05) is 11.3 Å². The molecule has 20 heavy (non-hydrogen) atoms. The van der Waals surface area contributed by atoms with Crippen LogP contribution < -0.4 is 5.32 Å². The summed E-state index contributed by atoms with van der Waals surface area (Å²) in [5.74, 6) is -0.373. The average Bonchev–Trinajstić information content (AvgIpc) is 2.98. The second kappa shape index (κ2) is 6.04. The van der Waals surface area contributed by atoms with E-state index in [-0.39, 0.29) is 17.5 Å². The lowest BCUT2D eigenvalue weighted by Gasteiger charge is -2.03. The first-order chi connectivity index (χ1) is 9.45. The summed E-state index contributed by atoms with van der Waals surface area (Å²) in [4.78, 5) is 11.5. The van der Waals surface area contributed by atoms with Crippen molar-refractivity contribution in [3.63, 3.8) is 0 Å². The zero-order valence-electron chi connectivity index (χ0n) is 10.2. The van der Waals surface area contributed by atoms with Gasteiger partial charge in [0.25, 0.3) is 0 Å². The van der Waals surface area contributed by atoms with E-state index in [2.05, 4.69) is 15.5 Å². The van der Waals surface area contributed by atoms with Crippen molar-refractivity contribution in [1.82, 2.24) is 14.8 Å². The Bertz CT molecular complexity index is 564. The van der Waals surface area contributed by atoms with E-state index in [1.165, 1.54) is 0 Å². The molecular weight excluding hydrogens is 293 g/mol. The Morgan fingerprint density at radius 3 is 2.60 bits per heavy atom. The van der Waals surface area contributed by atoms with Crippen LogP contribution >= 0.6 is 11.3 Å². The maximum absolute atomic E-state index is 12.3. The fourth-order valence-corrected chi connectivity index (χ4v) is 2.14. The Morgan fingerprint density at radius 2 is 2.00 bits per heavy atom. The second-order valence-corrected chi connectivity index (χ2v) is 4.96. The molecule has 2 aromatic heterocycles. The van der Waals surface area contributed by atoms with Crippen LogP contribution in [-0.2, 0) is 17.5 Å². The summed E-state index contributed by atoms with van der Waals surface area (Å²) in [6.07, 6.45) is 0.0101. The molecule has 5 nitrogen and oxygen atoms in total. The van der Waals surface area contributed by atoms with E-state index in [4.69, 9.17) is 0 Å². The molecule has 0 bridgehead atoms. The largest absolute Gasteiger partial charge is 0.445 e. The zero-order chi connectivity index (χ0) is 14.6. The molecule has 0 saturated carbocycles. The molecule has 0 fully saturated rings. The smallest absolute Gasteiger partial charge is 0.354 e. The molecule has 0 aliphatic heterocycles.